The van der Waals surface area contributed by atoms with E-state index >= 15 is 0 Å². The number of aryl methyl sites for hydroxylation is 6. The van der Waals surface area contributed by atoms with Crippen LogP contribution < -0.4 is 35.3 Å². The second-order valence-corrected chi connectivity index (χ2v) is 41.0. The molecular weight excluding hydrogens is 1730 g/mol. The summed E-state index contributed by atoms with van der Waals surface area (Å²) in [5.41, 5.74) is 40.6. The SMILES string of the molecule is CC1(C)C(N2c3ccccc3C(C)(C)c3ccccc32)=C(c2nc(-c3ccccc3)nc(-c3ccccc3)n2)c2ccccc21.Cc1cc(C)c(B(C2=C(N3c4ccccc4C4(c5ccccc53)c3ccccc3C(C)(C)c3ccccc34)C(C)(C)c3ccccc32)c2c(C)cc(C)cc2C)c(C)c1.O=C1c2cccc3cccc(c23)C(=O)N1c1oc2ccccc2c1N1c2ccccc2Oc2ccccc21. The van der Waals surface area contributed by atoms with Gasteiger partial charge in [0.1, 0.15) is 11.3 Å². The lowest BCUT2D eigenvalue weighted by atomic mass is 9.32. The van der Waals surface area contributed by atoms with E-state index in [-0.39, 0.29) is 34.3 Å². The smallest absolute Gasteiger partial charge is 0.268 e. The number of hydrogen-bond acceptors (Lipinski definition) is 10. The average molecular weight is 1840 g/mol. The lowest BCUT2D eigenvalue weighted by molar-refractivity contribution is 0.0887. The number of furan rings is 1. The van der Waals surface area contributed by atoms with Crippen LogP contribution in [0.1, 0.15) is 182 Å². The van der Waals surface area contributed by atoms with E-state index < -0.39 is 17.2 Å². The van der Waals surface area contributed by atoms with E-state index in [2.05, 4.69) is 349 Å². The number of para-hydroxylation sites is 9. The number of hydrogen-bond donors (Lipinski definition) is 0. The monoisotopic (exact) mass is 1840 g/mol. The van der Waals surface area contributed by atoms with Crippen LogP contribution in [0.2, 0.25) is 0 Å². The van der Waals surface area contributed by atoms with Crippen LogP contribution in [0.5, 0.6) is 11.5 Å². The molecule has 3 aliphatic carbocycles. The normalized spacial score (nSPS) is 15.5. The van der Waals surface area contributed by atoms with E-state index in [0.717, 1.165) is 44.4 Å². The number of anilines is 8. The van der Waals surface area contributed by atoms with Gasteiger partial charge in [0.15, 0.2) is 29.0 Å². The molecule has 0 saturated heterocycles. The summed E-state index contributed by atoms with van der Waals surface area (Å²) >= 11 is 0. The Morgan fingerprint density at radius 3 is 1.13 bits per heavy atom. The van der Waals surface area contributed by atoms with Gasteiger partial charge in [0, 0.05) is 83.0 Å². The molecule has 26 rings (SSSR count). The molecule has 17 aromatic carbocycles. The van der Waals surface area contributed by atoms with Gasteiger partial charge in [0.25, 0.3) is 11.8 Å². The molecule has 688 valence electrons. The molecule has 142 heavy (non-hydrogen) atoms. The van der Waals surface area contributed by atoms with Crippen LogP contribution in [0.25, 0.3) is 55.6 Å². The predicted octanol–water partition coefficient (Wildman–Crippen LogP) is 30.3. The fourth-order valence-corrected chi connectivity index (χ4v) is 25.2. The van der Waals surface area contributed by atoms with Gasteiger partial charge < -0.3 is 19.0 Å². The molecule has 2 aromatic heterocycles. The Kier molecular flexibility index (Phi) is 20.7. The van der Waals surface area contributed by atoms with Crippen molar-refractivity contribution in [2.45, 2.75) is 124 Å². The highest BCUT2D eigenvalue weighted by Crippen LogP contribution is 2.66. The highest BCUT2D eigenvalue weighted by atomic mass is 16.5. The van der Waals surface area contributed by atoms with Gasteiger partial charge >= 0.3 is 0 Å². The van der Waals surface area contributed by atoms with Crippen molar-refractivity contribution in [1.82, 2.24) is 15.0 Å². The van der Waals surface area contributed by atoms with Crippen LogP contribution in [-0.4, -0.2) is 33.5 Å². The number of imide groups is 1. The van der Waals surface area contributed by atoms with Gasteiger partial charge in [-0.05, 0) is 192 Å². The van der Waals surface area contributed by atoms with E-state index in [0.29, 0.717) is 56.8 Å². The first-order chi connectivity index (χ1) is 68.8. The molecule has 1 spiro atoms. The number of carbonyl (C=O) groups is 2. The van der Waals surface area contributed by atoms with Crippen LogP contribution in [-0.2, 0) is 27.1 Å². The number of nitrogens with zero attached hydrogens (tertiary/aromatic N) is 7. The highest BCUT2D eigenvalue weighted by Gasteiger charge is 2.57. The van der Waals surface area contributed by atoms with Gasteiger partial charge in [-0.2, -0.15) is 0 Å². The molecule has 11 nitrogen and oxygen atoms in total. The van der Waals surface area contributed by atoms with Crippen molar-refractivity contribution in [2.24, 2.45) is 0 Å². The van der Waals surface area contributed by atoms with Crippen molar-refractivity contribution in [3.63, 3.8) is 0 Å². The zero-order valence-corrected chi connectivity index (χ0v) is 82.3. The first kappa shape index (κ1) is 88.2. The van der Waals surface area contributed by atoms with Crippen molar-refractivity contribution in [2.75, 3.05) is 19.6 Å². The summed E-state index contributed by atoms with van der Waals surface area (Å²) in [4.78, 5) is 51.9. The fraction of sp³-hybridized carbons (Fsp3) is 0.146. The Morgan fingerprint density at radius 1 is 0.289 bits per heavy atom. The van der Waals surface area contributed by atoms with Crippen molar-refractivity contribution in [1.29, 1.82) is 0 Å². The van der Waals surface area contributed by atoms with E-state index in [1.807, 2.05) is 138 Å². The quantitative estimate of drug-likeness (QED) is 0.0970. The molecule has 0 radical (unpaired) electrons. The van der Waals surface area contributed by atoms with Crippen LogP contribution in [0, 0.1) is 41.5 Å². The standard InChI is InChI=1S/C57H54BN.C41H34N4.C32H18N2O4/c1-35-31-37(3)51(38(4)32-35)58(52-39(5)33-36(2)34-40(52)6)53-41-21-11-12-22-42(41)56(9,10)54(53)59-49-29-19-17-27-47(49)57(48-28-18-20-30-50(48)59)45-25-15-13-23-43(45)55(7,8)44-24-14-16-26-46(44)57;1-40(2)31-23-13-15-25-33(31)45(34-26-16-14-24-32(34)40)36-35(29-21-11-12-22-30(29)41(36,3)4)39-43-37(27-17-7-5-8-18-27)42-38(44-39)28-19-9-6-10-20-28;35-30-21-12-7-9-19-10-8-13-22(28(19)21)31(36)34(30)32-29(20-11-1-4-16-25(20)38-32)33-23-14-2-5-17-26(23)37-27-18-6-3-15-24(27)33/h11-34H,1-10H3;5-26H,1-4H3;1-18H. The zero-order valence-electron chi connectivity index (χ0n) is 82.3. The van der Waals surface area contributed by atoms with E-state index in [1.54, 1.807) is 12.1 Å². The summed E-state index contributed by atoms with van der Waals surface area (Å²) in [6.07, 6.45) is 0. The summed E-state index contributed by atoms with van der Waals surface area (Å²) in [5, 5.41) is 2.29. The molecule has 0 fully saturated rings. The number of fused-ring (bicyclic) bond motifs is 15. The van der Waals surface area contributed by atoms with Crippen LogP contribution >= 0.6 is 0 Å². The maximum absolute atomic E-state index is 14.0. The average Bonchev–Trinajstić information content (AvgIpc) is 0.965. The van der Waals surface area contributed by atoms with E-state index in [1.165, 1.54) is 150 Å². The largest absolute Gasteiger partial charge is 0.453 e. The van der Waals surface area contributed by atoms with Gasteiger partial charge in [-0.25, -0.2) is 19.9 Å². The third-order valence-corrected chi connectivity index (χ3v) is 31.1. The van der Waals surface area contributed by atoms with Gasteiger partial charge in [0.2, 0.25) is 12.6 Å². The van der Waals surface area contributed by atoms with Crippen molar-refractivity contribution in [3.8, 4) is 34.3 Å². The summed E-state index contributed by atoms with van der Waals surface area (Å²) in [6, 6.07) is 137. The van der Waals surface area contributed by atoms with E-state index in [9.17, 15) is 9.59 Å². The fourth-order valence-electron chi connectivity index (χ4n) is 25.2. The predicted molar refractivity (Wildman–Crippen MR) is 581 cm³/mol. The first-order valence-electron chi connectivity index (χ1n) is 49.3. The molecule has 19 aromatic rings. The Morgan fingerprint density at radius 2 is 0.641 bits per heavy atom. The number of aromatic nitrogens is 3. The molecule has 7 aliphatic rings. The molecule has 0 bridgehead atoms. The lowest BCUT2D eigenvalue weighted by Crippen LogP contribution is -2.50. The molecule has 2 amide bonds. The Bertz CT molecular complexity index is 8160. The first-order valence-corrected chi connectivity index (χ1v) is 49.3. The number of rotatable bonds is 10. The number of amides is 2. The van der Waals surface area contributed by atoms with Crippen LogP contribution in [0.15, 0.2) is 404 Å². The van der Waals surface area contributed by atoms with Crippen molar-refractivity contribution < 1.29 is 18.7 Å². The van der Waals surface area contributed by atoms with E-state index in [4.69, 9.17) is 24.1 Å². The maximum Gasteiger partial charge on any atom is 0.268 e. The molecule has 0 N–H and O–H groups in total. The van der Waals surface area contributed by atoms with Crippen molar-refractivity contribution >= 4 is 108 Å². The minimum Gasteiger partial charge on any atom is -0.453 e. The molecule has 6 heterocycles. The second kappa shape index (κ2) is 33.3. The third-order valence-electron chi connectivity index (χ3n) is 31.1. The van der Waals surface area contributed by atoms with Gasteiger partial charge in [-0.15, -0.1) is 0 Å². The molecule has 12 heteroatoms. The Balaban J connectivity index is 0.000000118. The Hall–Kier alpha value is -16.6. The summed E-state index contributed by atoms with van der Waals surface area (Å²) in [7, 11) is 0. The number of benzene rings is 17. The number of allylic oxidation sites excluding steroid dienone is 2. The molecule has 4 aliphatic heterocycles. The minimum atomic E-state index is -0.517. The third kappa shape index (κ3) is 13.3. The topological polar surface area (TPSA) is 108 Å². The van der Waals surface area contributed by atoms with Crippen LogP contribution in [0.3, 0.4) is 0 Å². The van der Waals surface area contributed by atoms with Gasteiger partial charge in [0.05, 0.1) is 28.2 Å². The molecule has 0 unspecified atom stereocenters. The zero-order chi connectivity index (χ0) is 97.3. The molecular formula is C130H106BN7O4. The van der Waals surface area contributed by atoms with Gasteiger partial charge in [-0.1, -0.05) is 415 Å². The van der Waals surface area contributed by atoms with Gasteiger partial charge in [-0.3, -0.25) is 14.5 Å². The minimum absolute atomic E-state index is 0.00117. The Labute approximate surface area is 830 Å². The van der Waals surface area contributed by atoms with Crippen LogP contribution in [0.4, 0.5) is 45.7 Å². The summed E-state index contributed by atoms with van der Waals surface area (Å²) in [6.45, 7) is 32.9. The number of ether oxygens (including phenoxy) is 1. The maximum atomic E-state index is 14.0. The van der Waals surface area contributed by atoms with Crippen molar-refractivity contribution in [3.05, 3.63) is 517 Å². The second-order valence-electron chi connectivity index (χ2n) is 41.0. The summed E-state index contributed by atoms with van der Waals surface area (Å²) < 4.78 is 12.6. The lowest BCUT2D eigenvalue weighted by Gasteiger charge is -2.53. The molecule has 0 saturated carbocycles. The highest BCUT2D eigenvalue weighted by molar-refractivity contribution is 7.01. The number of carbonyl (C=O) groups excluding carboxylic acids is 2. The summed E-state index contributed by atoms with van der Waals surface area (Å²) in [5.74, 6) is 2.64. The molecule has 0 atom stereocenters.